The fourth-order valence-corrected chi connectivity index (χ4v) is 4.93. The third-order valence-electron chi connectivity index (χ3n) is 6.70. The lowest BCUT2D eigenvalue weighted by atomic mass is 9.60. The minimum Gasteiger partial charge on any atom is -0.396 e. The second kappa shape index (κ2) is 7.29. The van der Waals surface area contributed by atoms with Gasteiger partial charge in [0.2, 0.25) is 0 Å². The van der Waals surface area contributed by atoms with Crippen molar-refractivity contribution < 1.29 is 9.90 Å². The molecule has 1 saturated carbocycles. The van der Waals surface area contributed by atoms with E-state index in [0.29, 0.717) is 36.1 Å². The topological polar surface area (TPSA) is 37.3 Å². The summed E-state index contributed by atoms with van der Waals surface area (Å²) in [5, 5.41) is 9.16. The number of hydrogen-bond acceptors (Lipinski definition) is 2. The minimum atomic E-state index is 0.235. The summed E-state index contributed by atoms with van der Waals surface area (Å²) in [6.07, 6.45) is 10.2. The van der Waals surface area contributed by atoms with Crippen LogP contribution in [0.4, 0.5) is 0 Å². The summed E-state index contributed by atoms with van der Waals surface area (Å²) < 4.78 is 0. The van der Waals surface area contributed by atoms with E-state index in [1.54, 1.807) is 0 Å². The van der Waals surface area contributed by atoms with Gasteiger partial charge in [-0.1, -0.05) is 39.7 Å². The Balaban J connectivity index is 2.01. The van der Waals surface area contributed by atoms with Gasteiger partial charge in [-0.25, -0.2) is 0 Å². The van der Waals surface area contributed by atoms with Gasteiger partial charge in [-0.05, 0) is 67.3 Å². The molecule has 0 aromatic carbocycles. The van der Waals surface area contributed by atoms with Gasteiger partial charge in [0, 0.05) is 13.0 Å². The minimum absolute atomic E-state index is 0.235. The van der Waals surface area contributed by atoms with Crippen LogP contribution < -0.4 is 0 Å². The van der Waals surface area contributed by atoms with Crippen molar-refractivity contribution in [3.8, 4) is 0 Å². The van der Waals surface area contributed by atoms with Gasteiger partial charge in [-0.2, -0.15) is 0 Å². The summed E-state index contributed by atoms with van der Waals surface area (Å²) >= 11 is 0. The highest BCUT2D eigenvalue weighted by molar-refractivity contribution is 5.96. The molecule has 126 valence electrons. The Labute approximate surface area is 136 Å². The Morgan fingerprint density at radius 3 is 2.68 bits per heavy atom. The fraction of sp³-hybridized carbons (Fsp3) is 0.850. The molecule has 0 amide bonds. The number of carbonyl (C=O) groups excluding carboxylic acids is 1. The highest BCUT2D eigenvalue weighted by Gasteiger charge is 2.51. The van der Waals surface area contributed by atoms with Gasteiger partial charge >= 0.3 is 0 Å². The van der Waals surface area contributed by atoms with E-state index in [0.717, 1.165) is 24.8 Å². The summed E-state index contributed by atoms with van der Waals surface area (Å²) in [4.78, 5) is 12.3. The van der Waals surface area contributed by atoms with Crippen LogP contribution in [0.2, 0.25) is 0 Å². The summed E-state index contributed by atoms with van der Waals surface area (Å²) in [5.74, 6) is 2.86. The van der Waals surface area contributed by atoms with E-state index in [4.69, 9.17) is 5.11 Å². The number of aliphatic hydroxyl groups is 1. The van der Waals surface area contributed by atoms with Crippen LogP contribution >= 0.6 is 0 Å². The quantitative estimate of drug-likeness (QED) is 0.768. The smallest absolute Gasteiger partial charge is 0.158 e. The monoisotopic (exact) mass is 306 g/mol. The molecule has 22 heavy (non-hydrogen) atoms. The van der Waals surface area contributed by atoms with Crippen LogP contribution in [0.1, 0.15) is 72.6 Å². The molecule has 1 N–H and O–H groups in total. The number of Topliss-reactive ketones (excluding diaryl/α,β-unsaturated/α-hetero) is 1. The van der Waals surface area contributed by atoms with Crippen molar-refractivity contribution in [2.24, 2.45) is 29.1 Å². The van der Waals surface area contributed by atoms with Gasteiger partial charge in [0.1, 0.15) is 0 Å². The molecule has 2 rings (SSSR count). The molecule has 2 aliphatic rings. The lowest BCUT2D eigenvalue weighted by molar-refractivity contribution is -0.120. The second-order valence-corrected chi connectivity index (χ2v) is 8.21. The maximum absolute atomic E-state index is 12.3. The van der Waals surface area contributed by atoms with E-state index in [-0.39, 0.29) is 5.41 Å². The Kier molecular flexibility index (Phi) is 5.87. The lowest BCUT2D eigenvalue weighted by Crippen LogP contribution is -2.38. The molecule has 2 aliphatic carbocycles. The van der Waals surface area contributed by atoms with E-state index < -0.39 is 0 Å². The summed E-state index contributed by atoms with van der Waals surface area (Å²) in [5.41, 5.74) is 1.21. The van der Waals surface area contributed by atoms with Gasteiger partial charge in [-0.15, -0.1) is 0 Å². The fourth-order valence-electron chi connectivity index (χ4n) is 4.93. The molecule has 1 spiro atoms. The highest BCUT2D eigenvalue weighted by Crippen LogP contribution is 2.57. The molecule has 0 saturated heterocycles. The lowest BCUT2D eigenvalue weighted by Gasteiger charge is -2.43. The van der Waals surface area contributed by atoms with Crippen molar-refractivity contribution in [1.82, 2.24) is 0 Å². The molecular formula is C20H34O2. The van der Waals surface area contributed by atoms with Gasteiger partial charge in [0.25, 0.3) is 0 Å². The standard InChI is InChI=1S/C20H34O2/c1-14(13-21)6-5-7-15(2)18-9-8-17(4)20(18)11-10-16(3)19(22)12-20/h10,14-15,17-18,21H,5-9,11-13H2,1-4H3/t14-,15+,17-,18+,20-/m0/s1. The number of rotatable bonds is 6. The predicted octanol–water partition coefficient (Wildman–Crippen LogP) is 4.76. The van der Waals surface area contributed by atoms with E-state index in [2.05, 4.69) is 26.8 Å². The molecule has 0 heterocycles. The Morgan fingerprint density at radius 1 is 1.32 bits per heavy atom. The largest absolute Gasteiger partial charge is 0.396 e. The second-order valence-electron chi connectivity index (χ2n) is 8.21. The number of aliphatic hydroxyl groups excluding tert-OH is 1. The molecule has 5 atom stereocenters. The number of ketones is 1. The van der Waals surface area contributed by atoms with Crippen LogP contribution in [0.15, 0.2) is 11.6 Å². The first kappa shape index (κ1) is 17.7. The molecule has 0 unspecified atom stereocenters. The maximum Gasteiger partial charge on any atom is 0.158 e. The van der Waals surface area contributed by atoms with Crippen molar-refractivity contribution in [2.75, 3.05) is 6.61 Å². The highest BCUT2D eigenvalue weighted by atomic mass is 16.3. The summed E-state index contributed by atoms with van der Waals surface area (Å²) in [7, 11) is 0. The van der Waals surface area contributed by atoms with Crippen molar-refractivity contribution in [3.05, 3.63) is 11.6 Å². The van der Waals surface area contributed by atoms with Gasteiger partial charge in [-0.3, -0.25) is 4.79 Å². The number of allylic oxidation sites excluding steroid dienone is 2. The maximum atomic E-state index is 12.3. The van der Waals surface area contributed by atoms with Crippen LogP contribution in [0, 0.1) is 29.1 Å². The molecule has 0 aromatic rings. The van der Waals surface area contributed by atoms with Gasteiger partial charge < -0.3 is 5.11 Å². The zero-order valence-corrected chi connectivity index (χ0v) is 14.9. The van der Waals surface area contributed by atoms with E-state index in [1.165, 1.54) is 25.7 Å². The van der Waals surface area contributed by atoms with Gasteiger partial charge in [0.15, 0.2) is 5.78 Å². The van der Waals surface area contributed by atoms with Crippen molar-refractivity contribution in [3.63, 3.8) is 0 Å². The molecule has 0 aromatic heterocycles. The molecule has 0 aliphatic heterocycles. The van der Waals surface area contributed by atoms with Crippen molar-refractivity contribution in [2.45, 2.75) is 72.6 Å². The molecule has 1 fully saturated rings. The van der Waals surface area contributed by atoms with E-state index >= 15 is 0 Å². The van der Waals surface area contributed by atoms with Crippen LogP contribution in [0.25, 0.3) is 0 Å². The third-order valence-corrected chi connectivity index (χ3v) is 6.70. The van der Waals surface area contributed by atoms with E-state index in [9.17, 15) is 4.79 Å². The van der Waals surface area contributed by atoms with Gasteiger partial charge in [0.05, 0.1) is 0 Å². The Hall–Kier alpha value is -0.630. The van der Waals surface area contributed by atoms with Crippen LogP contribution in [0.3, 0.4) is 0 Å². The van der Waals surface area contributed by atoms with E-state index in [1.807, 2.05) is 6.92 Å². The van der Waals surface area contributed by atoms with Crippen LogP contribution in [0.5, 0.6) is 0 Å². The first-order valence-electron chi connectivity index (χ1n) is 9.21. The number of hydrogen-bond donors (Lipinski definition) is 1. The SMILES string of the molecule is CC1=CC[C@@]2(CC1=O)[C@@H]([C@H](C)CCC[C@H](C)CO)CC[C@@H]2C. The summed E-state index contributed by atoms with van der Waals surface area (Å²) in [6, 6.07) is 0. The molecule has 2 nitrogen and oxygen atoms in total. The third kappa shape index (κ3) is 3.48. The first-order valence-corrected chi connectivity index (χ1v) is 9.21. The molecule has 2 heteroatoms. The predicted molar refractivity (Wildman–Crippen MR) is 91.6 cm³/mol. The molecule has 0 bridgehead atoms. The zero-order chi connectivity index (χ0) is 16.3. The molecular weight excluding hydrogens is 272 g/mol. The Morgan fingerprint density at radius 2 is 2.05 bits per heavy atom. The molecule has 0 radical (unpaired) electrons. The summed E-state index contributed by atoms with van der Waals surface area (Å²) in [6.45, 7) is 9.16. The number of carbonyl (C=O) groups is 1. The average Bonchev–Trinajstić information content (AvgIpc) is 2.80. The first-order chi connectivity index (χ1) is 10.4. The zero-order valence-electron chi connectivity index (χ0n) is 14.9. The van der Waals surface area contributed by atoms with Crippen LogP contribution in [-0.4, -0.2) is 17.5 Å². The Bertz CT molecular complexity index is 425. The van der Waals surface area contributed by atoms with Crippen molar-refractivity contribution >= 4 is 5.78 Å². The normalized spacial score (nSPS) is 34.8. The van der Waals surface area contributed by atoms with Crippen LogP contribution in [-0.2, 0) is 4.79 Å². The van der Waals surface area contributed by atoms with Crippen molar-refractivity contribution in [1.29, 1.82) is 0 Å². The average molecular weight is 306 g/mol.